The van der Waals surface area contributed by atoms with Crippen LogP contribution in [-0.2, 0) is 6.54 Å². The summed E-state index contributed by atoms with van der Waals surface area (Å²) in [4.78, 5) is 0. The monoisotopic (exact) mass is 289 g/mol. The molecule has 102 valence electrons. The minimum absolute atomic E-state index is 0.193. The fraction of sp³-hybridized carbons (Fsp3) is 0.571. The normalized spacial score (nSPS) is 11.8. The van der Waals surface area contributed by atoms with Gasteiger partial charge in [-0.15, -0.1) is 0 Å². The Morgan fingerprint density at radius 1 is 1.22 bits per heavy atom. The fourth-order valence-electron chi connectivity index (χ4n) is 1.84. The lowest BCUT2D eigenvalue weighted by Gasteiger charge is -2.24. The van der Waals surface area contributed by atoms with Gasteiger partial charge in [-0.25, -0.2) is 0 Å². The highest BCUT2D eigenvalue weighted by atomic mass is 35.5. The van der Waals surface area contributed by atoms with Crippen molar-refractivity contribution >= 4 is 23.2 Å². The predicted molar refractivity (Wildman–Crippen MR) is 78.3 cm³/mol. The van der Waals surface area contributed by atoms with Crippen molar-refractivity contribution in [1.29, 1.82) is 0 Å². The summed E-state index contributed by atoms with van der Waals surface area (Å²) in [7, 11) is 0. The molecule has 0 aromatic heterocycles. The largest absolute Gasteiger partial charge is 0.396 e. The molecule has 0 aliphatic carbocycles. The Hall–Kier alpha value is -0.280. The van der Waals surface area contributed by atoms with E-state index in [1.54, 1.807) is 0 Å². The Labute approximate surface area is 119 Å². The van der Waals surface area contributed by atoms with Gasteiger partial charge in [0.1, 0.15) is 0 Å². The number of benzene rings is 1. The van der Waals surface area contributed by atoms with E-state index in [1.165, 1.54) is 0 Å². The summed E-state index contributed by atoms with van der Waals surface area (Å²) in [6, 6.07) is 5.68. The number of aliphatic hydroxyl groups is 1. The van der Waals surface area contributed by atoms with Crippen molar-refractivity contribution in [3.8, 4) is 0 Å². The highest BCUT2D eigenvalue weighted by Crippen LogP contribution is 2.23. The first-order valence-electron chi connectivity index (χ1n) is 6.20. The van der Waals surface area contributed by atoms with Gasteiger partial charge in [0.25, 0.3) is 0 Å². The molecule has 2 nitrogen and oxygen atoms in total. The van der Waals surface area contributed by atoms with E-state index in [4.69, 9.17) is 28.3 Å². The van der Waals surface area contributed by atoms with Crippen LogP contribution in [0.25, 0.3) is 0 Å². The highest BCUT2D eigenvalue weighted by Gasteiger charge is 2.16. The van der Waals surface area contributed by atoms with Gasteiger partial charge in [0.05, 0.1) is 10.0 Å². The van der Waals surface area contributed by atoms with Crippen LogP contribution in [0.3, 0.4) is 0 Å². The van der Waals surface area contributed by atoms with E-state index in [2.05, 4.69) is 19.2 Å². The van der Waals surface area contributed by atoms with E-state index < -0.39 is 0 Å². The molecule has 0 aliphatic rings. The number of halogens is 2. The SMILES string of the molecule is CC(C)(CCCO)CNCc1ccc(Cl)c(Cl)c1. The summed E-state index contributed by atoms with van der Waals surface area (Å²) in [6.45, 7) is 6.35. The van der Waals surface area contributed by atoms with E-state index in [-0.39, 0.29) is 12.0 Å². The lowest BCUT2D eigenvalue weighted by Crippen LogP contribution is -2.29. The predicted octanol–water partition coefficient (Wildman–Crippen LogP) is 3.88. The van der Waals surface area contributed by atoms with Gasteiger partial charge in [0, 0.05) is 19.7 Å². The molecule has 0 spiro atoms. The summed E-state index contributed by atoms with van der Waals surface area (Å²) in [5.41, 5.74) is 1.32. The molecule has 0 fully saturated rings. The molecule has 1 aromatic rings. The Balaban J connectivity index is 2.39. The van der Waals surface area contributed by atoms with Gasteiger partial charge in [-0.3, -0.25) is 0 Å². The molecule has 0 atom stereocenters. The first-order valence-corrected chi connectivity index (χ1v) is 6.96. The average Bonchev–Trinajstić information content (AvgIpc) is 2.31. The standard InChI is InChI=1S/C14H21Cl2NO/c1-14(2,6-3-7-18)10-17-9-11-4-5-12(15)13(16)8-11/h4-5,8,17-18H,3,6-7,9-10H2,1-2H3. The fourth-order valence-corrected chi connectivity index (χ4v) is 2.16. The molecule has 18 heavy (non-hydrogen) atoms. The van der Waals surface area contributed by atoms with Gasteiger partial charge in [0.2, 0.25) is 0 Å². The second-order valence-electron chi connectivity index (χ2n) is 5.34. The van der Waals surface area contributed by atoms with Crippen molar-refractivity contribution in [3.63, 3.8) is 0 Å². The molecule has 4 heteroatoms. The van der Waals surface area contributed by atoms with Gasteiger partial charge in [-0.1, -0.05) is 43.1 Å². The van der Waals surface area contributed by atoms with Crippen molar-refractivity contribution in [2.45, 2.75) is 33.2 Å². The average molecular weight is 290 g/mol. The van der Waals surface area contributed by atoms with Crippen molar-refractivity contribution < 1.29 is 5.11 Å². The summed E-state index contributed by atoms with van der Waals surface area (Å²) >= 11 is 11.8. The summed E-state index contributed by atoms with van der Waals surface area (Å²) < 4.78 is 0. The zero-order valence-electron chi connectivity index (χ0n) is 11.0. The minimum atomic E-state index is 0.193. The molecule has 2 N–H and O–H groups in total. The van der Waals surface area contributed by atoms with E-state index in [0.29, 0.717) is 10.0 Å². The molecule has 0 unspecified atom stereocenters. The molecule has 0 heterocycles. The number of rotatable bonds is 7. The Morgan fingerprint density at radius 3 is 2.56 bits per heavy atom. The van der Waals surface area contributed by atoms with Gasteiger partial charge >= 0.3 is 0 Å². The topological polar surface area (TPSA) is 32.3 Å². The molecule has 0 aliphatic heterocycles. The van der Waals surface area contributed by atoms with Crippen molar-refractivity contribution in [2.75, 3.05) is 13.2 Å². The highest BCUT2D eigenvalue weighted by molar-refractivity contribution is 6.42. The minimum Gasteiger partial charge on any atom is -0.396 e. The van der Waals surface area contributed by atoms with Crippen LogP contribution >= 0.6 is 23.2 Å². The number of nitrogens with one attached hydrogen (secondary N) is 1. The van der Waals surface area contributed by atoms with Crippen LogP contribution in [0.5, 0.6) is 0 Å². The lowest BCUT2D eigenvalue weighted by atomic mass is 9.88. The van der Waals surface area contributed by atoms with Crippen molar-refractivity contribution in [1.82, 2.24) is 5.32 Å². The zero-order chi connectivity index (χ0) is 13.6. The molecular weight excluding hydrogens is 269 g/mol. The molecule has 1 aromatic carbocycles. The van der Waals surface area contributed by atoms with E-state index >= 15 is 0 Å². The van der Waals surface area contributed by atoms with Gasteiger partial charge in [-0.2, -0.15) is 0 Å². The maximum atomic E-state index is 8.84. The van der Waals surface area contributed by atoms with Crippen LogP contribution in [0, 0.1) is 5.41 Å². The zero-order valence-corrected chi connectivity index (χ0v) is 12.5. The number of hydrogen-bond donors (Lipinski definition) is 2. The van der Waals surface area contributed by atoms with Crippen molar-refractivity contribution in [2.24, 2.45) is 5.41 Å². The Bertz CT molecular complexity index is 380. The molecular formula is C14H21Cl2NO. The molecule has 0 saturated carbocycles. The van der Waals surface area contributed by atoms with Crippen LogP contribution in [0.1, 0.15) is 32.3 Å². The van der Waals surface area contributed by atoms with Crippen LogP contribution in [-0.4, -0.2) is 18.3 Å². The third-order valence-corrected chi connectivity index (χ3v) is 3.67. The maximum Gasteiger partial charge on any atom is 0.0595 e. The molecule has 1 rings (SSSR count). The summed E-state index contributed by atoms with van der Waals surface area (Å²) in [5, 5.41) is 13.4. The number of aliphatic hydroxyl groups excluding tert-OH is 1. The smallest absolute Gasteiger partial charge is 0.0595 e. The van der Waals surface area contributed by atoms with Crippen LogP contribution in [0.15, 0.2) is 18.2 Å². The molecule has 0 bridgehead atoms. The second kappa shape index (κ2) is 7.34. The van der Waals surface area contributed by atoms with Crippen molar-refractivity contribution in [3.05, 3.63) is 33.8 Å². The number of hydrogen-bond acceptors (Lipinski definition) is 2. The van der Waals surface area contributed by atoms with E-state index in [9.17, 15) is 0 Å². The molecule has 0 amide bonds. The first kappa shape index (κ1) is 15.8. The van der Waals surface area contributed by atoms with Crippen LogP contribution in [0.4, 0.5) is 0 Å². The van der Waals surface area contributed by atoms with E-state index in [0.717, 1.165) is 31.5 Å². The van der Waals surface area contributed by atoms with Gasteiger partial charge in [-0.05, 0) is 36.0 Å². The van der Waals surface area contributed by atoms with Crippen LogP contribution < -0.4 is 5.32 Å². The lowest BCUT2D eigenvalue weighted by molar-refractivity contribution is 0.236. The van der Waals surface area contributed by atoms with E-state index in [1.807, 2.05) is 18.2 Å². The third kappa shape index (κ3) is 5.57. The summed E-state index contributed by atoms with van der Waals surface area (Å²) in [6.07, 6.45) is 1.86. The second-order valence-corrected chi connectivity index (χ2v) is 6.16. The summed E-state index contributed by atoms with van der Waals surface area (Å²) in [5.74, 6) is 0. The maximum absolute atomic E-state index is 8.84. The van der Waals surface area contributed by atoms with Gasteiger partial charge < -0.3 is 10.4 Å². The Morgan fingerprint density at radius 2 is 1.94 bits per heavy atom. The quantitative estimate of drug-likeness (QED) is 0.798. The first-order chi connectivity index (χ1) is 8.44. The van der Waals surface area contributed by atoms with Crippen LogP contribution in [0.2, 0.25) is 10.0 Å². The third-order valence-electron chi connectivity index (χ3n) is 2.93. The molecule has 0 radical (unpaired) electrons. The van der Waals surface area contributed by atoms with Gasteiger partial charge in [0.15, 0.2) is 0 Å². The Kier molecular flexibility index (Phi) is 6.44. The molecule has 0 saturated heterocycles.